The summed E-state index contributed by atoms with van der Waals surface area (Å²) >= 11 is 8.05. The molecule has 0 N–H and O–H groups in total. The molecule has 0 spiro atoms. The number of halogens is 1. The second-order valence-corrected chi connectivity index (χ2v) is 5.46. The first-order valence-electron chi connectivity index (χ1n) is 5.87. The summed E-state index contributed by atoms with van der Waals surface area (Å²) in [6.45, 7) is 2.10. The van der Waals surface area contributed by atoms with Crippen LogP contribution in [0.4, 0.5) is 0 Å². The number of pyridine rings is 1. The van der Waals surface area contributed by atoms with Crippen LogP contribution in [0.2, 0.25) is 5.15 Å². The average Bonchev–Trinajstić information content (AvgIpc) is 2.87. The van der Waals surface area contributed by atoms with Gasteiger partial charge in [-0.3, -0.25) is 4.98 Å². The van der Waals surface area contributed by atoms with Crippen LogP contribution in [0, 0.1) is 0 Å². The lowest BCUT2D eigenvalue weighted by Gasteiger charge is -2.07. The fraction of sp³-hybridized carbons (Fsp3) is 0.308. The van der Waals surface area contributed by atoms with Gasteiger partial charge in [0, 0.05) is 23.3 Å². The molecule has 3 nitrogen and oxygen atoms in total. The van der Waals surface area contributed by atoms with Crippen molar-refractivity contribution >= 4 is 23.4 Å². The van der Waals surface area contributed by atoms with Gasteiger partial charge in [0.15, 0.2) is 5.82 Å². The molecule has 5 heteroatoms. The zero-order valence-electron chi connectivity index (χ0n) is 9.98. The summed E-state index contributed by atoms with van der Waals surface area (Å²) in [7, 11) is 0. The second-order valence-electron chi connectivity index (χ2n) is 4.12. The minimum absolute atomic E-state index is 0.577. The monoisotopic (exact) mass is 277 g/mol. The van der Waals surface area contributed by atoms with Crippen LogP contribution in [0.1, 0.15) is 23.7 Å². The lowest BCUT2D eigenvalue weighted by Crippen LogP contribution is -2.01. The highest BCUT2D eigenvalue weighted by Crippen LogP contribution is 2.34. The first kappa shape index (κ1) is 11.9. The molecule has 0 unspecified atom stereocenters. The Morgan fingerprint density at radius 3 is 3.06 bits per heavy atom. The normalized spacial score (nSPS) is 13.7. The van der Waals surface area contributed by atoms with Crippen molar-refractivity contribution in [3.63, 3.8) is 0 Å². The Kier molecular flexibility index (Phi) is 3.22. The smallest absolute Gasteiger partial charge is 0.180 e. The minimum atomic E-state index is 0.577. The Labute approximate surface area is 115 Å². The molecule has 0 fully saturated rings. The van der Waals surface area contributed by atoms with E-state index >= 15 is 0 Å². The van der Waals surface area contributed by atoms with E-state index in [9.17, 15) is 0 Å². The van der Waals surface area contributed by atoms with Crippen LogP contribution in [-0.2, 0) is 17.9 Å². The van der Waals surface area contributed by atoms with E-state index in [1.54, 1.807) is 6.20 Å². The van der Waals surface area contributed by atoms with Crippen molar-refractivity contribution in [2.24, 2.45) is 0 Å². The first-order valence-corrected chi connectivity index (χ1v) is 7.40. The number of fused-ring (bicyclic) bond motifs is 1. The lowest BCUT2D eigenvalue weighted by molar-refractivity contribution is 1.03. The van der Waals surface area contributed by atoms with E-state index in [2.05, 4.69) is 27.9 Å². The predicted molar refractivity (Wildman–Crippen MR) is 74.7 cm³/mol. The van der Waals surface area contributed by atoms with Crippen LogP contribution in [-0.4, -0.2) is 15.0 Å². The molecule has 18 heavy (non-hydrogen) atoms. The van der Waals surface area contributed by atoms with Crippen molar-refractivity contribution in [2.75, 3.05) is 0 Å². The Morgan fingerprint density at radius 2 is 2.22 bits per heavy atom. The molecule has 0 atom stereocenters. The van der Waals surface area contributed by atoms with E-state index in [-0.39, 0.29) is 0 Å². The second kappa shape index (κ2) is 4.86. The first-order chi connectivity index (χ1) is 8.79. The molecule has 3 rings (SSSR count). The van der Waals surface area contributed by atoms with E-state index in [0.717, 1.165) is 40.4 Å². The number of nitrogens with zero attached hydrogens (tertiary/aromatic N) is 3. The minimum Gasteiger partial charge on any atom is -0.253 e. The van der Waals surface area contributed by atoms with Crippen molar-refractivity contribution < 1.29 is 0 Å². The summed E-state index contributed by atoms with van der Waals surface area (Å²) in [5, 5.41) is 0.577. The fourth-order valence-electron chi connectivity index (χ4n) is 2.04. The summed E-state index contributed by atoms with van der Waals surface area (Å²) in [4.78, 5) is 13.4. The van der Waals surface area contributed by atoms with Gasteiger partial charge in [0.25, 0.3) is 0 Å². The molecule has 2 aromatic heterocycles. The topological polar surface area (TPSA) is 38.7 Å². The van der Waals surface area contributed by atoms with Gasteiger partial charge in [0.1, 0.15) is 10.8 Å². The fourth-order valence-corrected chi connectivity index (χ4v) is 3.42. The highest BCUT2D eigenvalue weighted by atomic mass is 35.5. The summed E-state index contributed by atoms with van der Waals surface area (Å²) in [6.07, 6.45) is 2.68. The highest BCUT2D eigenvalue weighted by Gasteiger charge is 2.20. The predicted octanol–water partition coefficient (Wildman–Crippen LogP) is 3.50. The maximum Gasteiger partial charge on any atom is 0.180 e. The van der Waals surface area contributed by atoms with E-state index in [1.807, 2.05) is 17.8 Å². The molecular weight excluding hydrogens is 266 g/mol. The van der Waals surface area contributed by atoms with Crippen molar-refractivity contribution in [3.8, 4) is 11.5 Å². The summed E-state index contributed by atoms with van der Waals surface area (Å²) in [5.74, 6) is 2.48. The summed E-state index contributed by atoms with van der Waals surface area (Å²) in [5.41, 5.74) is 4.14. The number of thioether (sulfide) groups is 1. The highest BCUT2D eigenvalue weighted by molar-refractivity contribution is 7.98. The zero-order chi connectivity index (χ0) is 12.5. The van der Waals surface area contributed by atoms with Gasteiger partial charge in [-0.15, -0.1) is 0 Å². The Bertz CT molecular complexity index is 601. The van der Waals surface area contributed by atoms with Gasteiger partial charge in [-0.05, 0) is 18.1 Å². The van der Waals surface area contributed by atoms with Gasteiger partial charge in [-0.2, -0.15) is 11.8 Å². The molecule has 2 aromatic rings. The standard InChI is InChI=1S/C13H12ClN3S/c1-2-8-4-3-5-15-11(8)13-16-10-7-18-6-9(10)12(14)17-13/h3-5H,2,6-7H2,1H3. The van der Waals surface area contributed by atoms with Crippen LogP contribution in [0.5, 0.6) is 0 Å². The molecular formula is C13H12ClN3S. The van der Waals surface area contributed by atoms with Gasteiger partial charge >= 0.3 is 0 Å². The molecule has 0 radical (unpaired) electrons. The zero-order valence-corrected chi connectivity index (χ0v) is 11.6. The van der Waals surface area contributed by atoms with Crippen molar-refractivity contribution in [3.05, 3.63) is 40.3 Å². The lowest BCUT2D eigenvalue weighted by atomic mass is 10.1. The van der Waals surface area contributed by atoms with Crippen LogP contribution in [0.3, 0.4) is 0 Å². The SMILES string of the molecule is CCc1cccnc1-c1nc(Cl)c2c(n1)CSC2. The van der Waals surface area contributed by atoms with Crippen LogP contribution in [0.25, 0.3) is 11.5 Å². The van der Waals surface area contributed by atoms with Gasteiger partial charge < -0.3 is 0 Å². The van der Waals surface area contributed by atoms with E-state index in [0.29, 0.717) is 11.0 Å². The number of hydrogen-bond acceptors (Lipinski definition) is 4. The van der Waals surface area contributed by atoms with Crippen molar-refractivity contribution in [1.82, 2.24) is 15.0 Å². The third-order valence-corrected chi connectivity index (χ3v) is 4.29. The van der Waals surface area contributed by atoms with Crippen molar-refractivity contribution in [1.29, 1.82) is 0 Å². The largest absolute Gasteiger partial charge is 0.253 e. The molecule has 0 saturated heterocycles. The van der Waals surface area contributed by atoms with Crippen molar-refractivity contribution in [2.45, 2.75) is 24.9 Å². The van der Waals surface area contributed by atoms with E-state index in [4.69, 9.17) is 11.6 Å². The van der Waals surface area contributed by atoms with E-state index < -0.39 is 0 Å². The van der Waals surface area contributed by atoms with Crippen LogP contribution >= 0.6 is 23.4 Å². The molecule has 1 aliphatic rings. The number of hydrogen-bond donors (Lipinski definition) is 0. The third-order valence-electron chi connectivity index (χ3n) is 3.01. The maximum absolute atomic E-state index is 6.23. The Balaban J connectivity index is 2.15. The molecule has 0 aromatic carbocycles. The molecule has 92 valence electrons. The average molecular weight is 278 g/mol. The molecule has 3 heterocycles. The van der Waals surface area contributed by atoms with Gasteiger partial charge in [0.05, 0.1) is 5.69 Å². The number of rotatable bonds is 2. The van der Waals surface area contributed by atoms with Gasteiger partial charge in [-0.25, -0.2) is 9.97 Å². The quantitative estimate of drug-likeness (QED) is 0.788. The van der Waals surface area contributed by atoms with Gasteiger partial charge in [-0.1, -0.05) is 24.6 Å². The maximum atomic E-state index is 6.23. The molecule has 1 aliphatic heterocycles. The van der Waals surface area contributed by atoms with Crippen LogP contribution < -0.4 is 0 Å². The summed E-state index contributed by atoms with van der Waals surface area (Å²) in [6, 6.07) is 3.99. The number of aryl methyl sites for hydroxylation is 1. The molecule has 0 bridgehead atoms. The van der Waals surface area contributed by atoms with Crippen LogP contribution in [0.15, 0.2) is 18.3 Å². The molecule has 0 saturated carbocycles. The Hall–Kier alpha value is -1.13. The molecule has 0 amide bonds. The number of aromatic nitrogens is 3. The van der Waals surface area contributed by atoms with Gasteiger partial charge in [0.2, 0.25) is 0 Å². The Morgan fingerprint density at radius 1 is 1.33 bits per heavy atom. The molecule has 0 aliphatic carbocycles. The van der Waals surface area contributed by atoms with E-state index in [1.165, 1.54) is 0 Å². The summed E-state index contributed by atoms with van der Waals surface area (Å²) < 4.78 is 0. The third kappa shape index (κ3) is 1.99.